The van der Waals surface area contributed by atoms with Gasteiger partial charge >= 0.3 is 0 Å². The zero-order valence-corrected chi connectivity index (χ0v) is 21.1. The quantitative estimate of drug-likeness (QED) is 0.156. The maximum atomic E-state index is 12.3. The molecule has 0 amide bonds. The van der Waals surface area contributed by atoms with Gasteiger partial charge in [-0.3, -0.25) is 9.36 Å². The molecule has 0 aliphatic carbocycles. The molecule has 0 bridgehead atoms. The van der Waals surface area contributed by atoms with Crippen molar-refractivity contribution in [1.82, 2.24) is 0 Å². The van der Waals surface area contributed by atoms with Gasteiger partial charge in [-0.05, 0) is 12.3 Å². The van der Waals surface area contributed by atoms with Crippen molar-refractivity contribution >= 4 is 13.6 Å². The Kier molecular flexibility index (Phi) is 16.2. The molecule has 0 saturated heterocycles. The zero-order valence-electron chi connectivity index (χ0n) is 20.2. The van der Waals surface area contributed by atoms with Crippen LogP contribution >= 0.6 is 7.82 Å². The molecule has 0 radical (unpaired) electrons. The van der Waals surface area contributed by atoms with Crippen LogP contribution in [0.3, 0.4) is 0 Å². The number of likely N-dealkylation sites (N-methyl/N-ethyl adjacent to an activating group) is 1. The molecule has 0 rings (SSSR count). The number of hydrogen-bond donors (Lipinski definition) is 1. The van der Waals surface area contributed by atoms with Gasteiger partial charge in [0, 0.05) is 6.42 Å². The van der Waals surface area contributed by atoms with E-state index in [4.69, 9.17) is 4.89 Å². The molecule has 0 aromatic rings. The second-order valence-corrected chi connectivity index (χ2v) is 11.3. The highest BCUT2D eigenvalue weighted by molar-refractivity contribution is 7.44. The number of carbonyl (C=O) groups is 1. The Hall–Kier alpha value is -0.260. The molecular formula is C23H48NO5P. The highest BCUT2D eigenvalue weighted by atomic mass is 31.2. The number of quaternary nitrogens is 1. The SMILES string of the molecule is CC(C)CCCCCCCCCCCCCCC(=O)C(C[N+](C)(C)C)OP(=O)([O-])O. The molecule has 0 aromatic heterocycles. The van der Waals surface area contributed by atoms with Gasteiger partial charge in [-0.15, -0.1) is 0 Å². The van der Waals surface area contributed by atoms with Gasteiger partial charge in [0.2, 0.25) is 0 Å². The number of Topliss-reactive ketones (excluding diaryl/α,β-unsaturated/α-hetero) is 1. The molecule has 180 valence electrons. The molecule has 2 unspecified atom stereocenters. The summed E-state index contributed by atoms with van der Waals surface area (Å²) in [6.45, 7) is 4.79. The van der Waals surface area contributed by atoms with Gasteiger partial charge in [-0.1, -0.05) is 90.9 Å². The minimum atomic E-state index is -4.92. The van der Waals surface area contributed by atoms with Crippen LogP contribution in [-0.2, 0) is 13.9 Å². The summed E-state index contributed by atoms with van der Waals surface area (Å²) in [5.41, 5.74) is 0. The lowest BCUT2D eigenvalue weighted by molar-refractivity contribution is -0.872. The molecule has 0 fully saturated rings. The molecule has 0 aliphatic rings. The van der Waals surface area contributed by atoms with Gasteiger partial charge in [-0.2, -0.15) is 0 Å². The number of hydrogen-bond acceptors (Lipinski definition) is 4. The number of carbonyl (C=O) groups excluding carboxylic acids is 1. The Morgan fingerprint density at radius 2 is 1.27 bits per heavy atom. The lowest BCUT2D eigenvalue weighted by atomic mass is 10.0. The Balaban J connectivity index is 3.72. The van der Waals surface area contributed by atoms with E-state index in [0.29, 0.717) is 10.9 Å². The van der Waals surface area contributed by atoms with Crippen molar-refractivity contribution in [1.29, 1.82) is 0 Å². The molecule has 0 spiro atoms. The second-order valence-electron chi connectivity index (χ2n) is 10.2. The number of phosphoric ester groups is 1. The lowest BCUT2D eigenvalue weighted by Gasteiger charge is -2.30. The van der Waals surface area contributed by atoms with E-state index < -0.39 is 13.9 Å². The van der Waals surface area contributed by atoms with Crippen LogP contribution in [0.25, 0.3) is 0 Å². The van der Waals surface area contributed by atoms with E-state index >= 15 is 0 Å². The van der Waals surface area contributed by atoms with Gasteiger partial charge in [-0.25, -0.2) is 0 Å². The first kappa shape index (κ1) is 29.7. The van der Waals surface area contributed by atoms with E-state index in [0.717, 1.165) is 25.2 Å². The summed E-state index contributed by atoms with van der Waals surface area (Å²) < 4.78 is 16.1. The fourth-order valence-electron chi connectivity index (χ4n) is 3.63. The maximum absolute atomic E-state index is 12.3. The average molecular weight is 450 g/mol. The second kappa shape index (κ2) is 16.4. The predicted molar refractivity (Wildman–Crippen MR) is 122 cm³/mol. The fraction of sp³-hybridized carbons (Fsp3) is 0.957. The monoisotopic (exact) mass is 449 g/mol. The number of ketones is 1. The number of rotatable bonds is 20. The van der Waals surface area contributed by atoms with E-state index in [1.165, 1.54) is 64.2 Å². The molecule has 2 atom stereocenters. The van der Waals surface area contributed by atoms with Crippen molar-refractivity contribution in [2.75, 3.05) is 27.7 Å². The molecule has 0 aromatic carbocycles. The van der Waals surface area contributed by atoms with Crippen LogP contribution in [0.1, 0.15) is 104 Å². The van der Waals surface area contributed by atoms with Crippen LogP contribution in [0.2, 0.25) is 0 Å². The largest absolute Gasteiger partial charge is 0.756 e. The Morgan fingerprint density at radius 1 is 0.867 bits per heavy atom. The smallest absolute Gasteiger partial charge is 0.266 e. The van der Waals surface area contributed by atoms with Crippen LogP contribution in [0.15, 0.2) is 0 Å². The topological polar surface area (TPSA) is 86.7 Å². The lowest BCUT2D eigenvalue weighted by Crippen LogP contribution is -2.45. The Bertz CT molecular complexity index is 484. The third-order valence-electron chi connectivity index (χ3n) is 5.29. The van der Waals surface area contributed by atoms with Crippen molar-refractivity contribution in [2.24, 2.45) is 5.92 Å². The van der Waals surface area contributed by atoms with E-state index in [-0.39, 0.29) is 12.3 Å². The van der Waals surface area contributed by atoms with E-state index in [2.05, 4.69) is 18.4 Å². The first-order chi connectivity index (χ1) is 13.9. The summed E-state index contributed by atoms with van der Waals surface area (Å²) in [6.07, 6.45) is 15.2. The minimum absolute atomic E-state index is 0.212. The summed E-state index contributed by atoms with van der Waals surface area (Å²) in [6, 6.07) is 0. The molecule has 30 heavy (non-hydrogen) atoms. The van der Waals surface area contributed by atoms with Gasteiger partial charge in [0.25, 0.3) is 7.82 Å². The van der Waals surface area contributed by atoms with Crippen molar-refractivity contribution in [2.45, 2.75) is 110 Å². The highest BCUT2D eigenvalue weighted by Crippen LogP contribution is 2.33. The van der Waals surface area contributed by atoms with Crippen molar-refractivity contribution in [3.63, 3.8) is 0 Å². The maximum Gasteiger partial charge on any atom is 0.266 e. The van der Waals surface area contributed by atoms with E-state index in [9.17, 15) is 14.3 Å². The predicted octanol–water partition coefficient (Wildman–Crippen LogP) is 5.23. The Morgan fingerprint density at radius 3 is 1.63 bits per heavy atom. The molecule has 6 nitrogen and oxygen atoms in total. The minimum Gasteiger partial charge on any atom is -0.756 e. The molecule has 0 heterocycles. The summed E-state index contributed by atoms with van der Waals surface area (Å²) in [5, 5.41) is 0. The Labute approximate surface area is 185 Å². The summed E-state index contributed by atoms with van der Waals surface area (Å²) in [7, 11) is 0.634. The third-order valence-corrected chi connectivity index (χ3v) is 5.81. The average Bonchev–Trinajstić information content (AvgIpc) is 2.58. The van der Waals surface area contributed by atoms with Gasteiger partial charge in [0.1, 0.15) is 6.54 Å². The van der Waals surface area contributed by atoms with Gasteiger partial charge in [0.05, 0.1) is 21.1 Å². The first-order valence-electron chi connectivity index (χ1n) is 12.0. The van der Waals surface area contributed by atoms with Crippen molar-refractivity contribution in [3.05, 3.63) is 0 Å². The van der Waals surface area contributed by atoms with Gasteiger partial charge in [0.15, 0.2) is 11.9 Å². The van der Waals surface area contributed by atoms with Crippen LogP contribution in [0, 0.1) is 5.92 Å². The number of phosphoric acid groups is 1. The third kappa shape index (κ3) is 21.0. The standard InChI is InChI=1S/C23H48NO5P/c1-21(2)18-16-14-12-10-8-6-7-9-11-13-15-17-19-22(25)23(20-24(3,4)5)29-30(26,27)28/h21,23H,6-20H2,1-5H3,(H-,26,27,28). The first-order valence-corrected chi connectivity index (χ1v) is 13.5. The normalized spacial score (nSPS) is 15.3. The summed E-state index contributed by atoms with van der Waals surface area (Å²) >= 11 is 0. The molecule has 0 saturated carbocycles. The van der Waals surface area contributed by atoms with Crippen LogP contribution in [0.4, 0.5) is 0 Å². The van der Waals surface area contributed by atoms with Crippen LogP contribution in [0.5, 0.6) is 0 Å². The van der Waals surface area contributed by atoms with E-state index in [1.54, 1.807) is 0 Å². The van der Waals surface area contributed by atoms with Crippen LogP contribution < -0.4 is 4.89 Å². The molecule has 7 heteroatoms. The molecule has 1 N–H and O–H groups in total. The zero-order chi connectivity index (χ0) is 23.0. The van der Waals surface area contributed by atoms with Crippen LogP contribution in [-0.4, -0.2) is 49.0 Å². The summed E-state index contributed by atoms with van der Waals surface area (Å²) in [5.74, 6) is 0.583. The molecular weight excluding hydrogens is 401 g/mol. The number of nitrogens with zero attached hydrogens (tertiary/aromatic N) is 1. The fourth-order valence-corrected chi connectivity index (χ4v) is 4.14. The number of unbranched alkanes of at least 4 members (excludes halogenated alkanes) is 11. The van der Waals surface area contributed by atoms with Crippen molar-refractivity contribution < 1.29 is 28.2 Å². The van der Waals surface area contributed by atoms with E-state index in [1.807, 2.05) is 21.1 Å². The van der Waals surface area contributed by atoms with Gasteiger partial charge < -0.3 is 18.8 Å². The molecule has 0 aliphatic heterocycles. The summed E-state index contributed by atoms with van der Waals surface area (Å²) in [4.78, 5) is 32.3. The highest BCUT2D eigenvalue weighted by Gasteiger charge is 2.28. The van der Waals surface area contributed by atoms with Crippen molar-refractivity contribution in [3.8, 4) is 0 Å².